The zero-order valence-electron chi connectivity index (χ0n) is 15.3. The summed E-state index contributed by atoms with van der Waals surface area (Å²) in [6.45, 7) is 5.76. The average molecular weight is 362 g/mol. The Morgan fingerprint density at radius 2 is 2.15 bits per heavy atom. The van der Waals surface area contributed by atoms with Crippen LogP contribution < -0.4 is 5.32 Å². The Hall–Kier alpha value is -3.09. The lowest BCUT2D eigenvalue weighted by atomic mass is 9.70. The summed E-state index contributed by atoms with van der Waals surface area (Å²) in [5.41, 5.74) is 2.49. The average Bonchev–Trinajstić information content (AvgIpc) is 3.12. The molecule has 2 atom stereocenters. The van der Waals surface area contributed by atoms with E-state index >= 15 is 0 Å². The lowest BCUT2D eigenvalue weighted by molar-refractivity contribution is -0.117. The van der Waals surface area contributed by atoms with Crippen LogP contribution in [-0.4, -0.2) is 36.9 Å². The summed E-state index contributed by atoms with van der Waals surface area (Å²) in [5.74, 6) is 0.521. The van der Waals surface area contributed by atoms with Crippen molar-refractivity contribution in [3.05, 3.63) is 49.3 Å². The zero-order chi connectivity index (χ0) is 18.9. The number of rotatable bonds is 4. The predicted molar refractivity (Wildman–Crippen MR) is 103 cm³/mol. The molecular formula is C20H22N6O. The lowest BCUT2D eigenvalue weighted by Crippen LogP contribution is -2.43. The monoisotopic (exact) mass is 362 g/mol. The van der Waals surface area contributed by atoms with Gasteiger partial charge in [0.15, 0.2) is 5.82 Å². The van der Waals surface area contributed by atoms with Crippen molar-refractivity contribution < 1.29 is 4.79 Å². The Morgan fingerprint density at radius 3 is 2.93 bits per heavy atom. The molecule has 27 heavy (non-hydrogen) atoms. The van der Waals surface area contributed by atoms with Crippen LogP contribution in [0.1, 0.15) is 38.3 Å². The van der Waals surface area contributed by atoms with Gasteiger partial charge in [-0.1, -0.05) is 19.9 Å². The first kappa shape index (κ1) is 17.3. The molecule has 1 amide bonds. The van der Waals surface area contributed by atoms with E-state index < -0.39 is 0 Å². The van der Waals surface area contributed by atoms with Crippen LogP contribution in [0.2, 0.25) is 0 Å². The van der Waals surface area contributed by atoms with Crippen LogP contribution in [-0.2, 0) is 10.2 Å². The number of aromatic amines is 1. The molecule has 7 heteroatoms. The standard InChI is InChI=1S/C20H22N6O/c1-3-15(27)26-13-6-4-7-20(2,10-13)17-16-14(18-21-8-5-9-22-18)11-23-19(16)25-12-24-17/h3,5,8-9,11-13H,1,4,6-7,10H2,2H3,(H,26,27)(H,23,24,25). The molecule has 2 N–H and O–H groups in total. The first-order chi connectivity index (χ1) is 13.1. The molecule has 138 valence electrons. The number of nitrogens with zero attached hydrogens (tertiary/aromatic N) is 4. The van der Waals surface area contributed by atoms with E-state index in [0.29, 0.717) is 5.82 Å². The van der Waals surface area contributed by atoms with Crippen molar-refractivity contribution in [2.75, 3.05) is 0 Å². The van der Waals surface area contributed by atoms with E-state index in [-0.39, 0.29) is 17.4 Å². The van der Waals surface area contributed by atoms with Crippen LogP contribution in [0.5, 0.6) is 0 Å². The quantitative estimate of drug-likeness (QED) is 0.696. The predicted octanol–water partition coefficient (Wildman–Crippen LogP) is 2.92. The second kappa shape index (κ2) is 6.90. The van der Waals surface area contributed by atoms with Crippen LogP contribution in [0, 0.1) is 0 Å². The molecule has 3 aromatic heterocycles. The smallest absolute Gasteiger partial charge is 0.243 e. The molecule has 1 saturated carbocycles. The molecule has 7 nitrogen and oxygen atoms in total. The Kier molecular flexibility index (Phi) is 4.43. The van der Waals surface area contributed by atoms with E-state index in [0.717, 1.165) is 48.0 Å². The Bertz CT molecular complexity index is 983. The van der Waals surface area contributed by atoms with Crippen LogP contribution in [0.15, 0.2) is 43.6 Å². The number of hydrogen-bond acceptors (Lipinski definition) is 5. The molecule has 1 aliphatic rings. The third-order valence-electron chi connectivity index (χ3n) is 5.36. The van der Waals surface area contributed by atoms with Gasteiger partial charge in [0, 0.05) is 35.6 Å². The summed E-state index contributed by atoms with van der Waals surface area (Å²) < 4.78 is 0. The Labute approximate surface area is 157 Å². The molecule has 0 aliphatic heterocycles. The van der Waals surface area contributed by atoms with E-state index in [1.807, 2.05) is 6.20 Å². The number of aromatic nitrogens is 5. The lowest BCUT2D eigenvalue weighted by Gasteiger charge is -2.38. The van der Waals surface area contributed by atoms with Gasteiger partial charge in [-0.25, -0.2) is 19.9 Å². The largest absolute Gasteiger partial charge is 0.350 e. The van der Waals surface area contributed by atoms with Crippen molar-refractivity contribution in [3.63, 3.8) is 0 Å². The minimum atomic E-state index is -0.176. The maximum Gasteiger partial charge on any atom is 0.243 e. The first-order valence-electron chi connectivity index (χ1n) is 9.13. The number of amides is 1. The van der Waals surface area contributed by atoms with Crippen LogP contribution >= 0.6 is 0 Å². The van der Waals surface area contributed by atoms with Gasteiger partial charge in [-0.15, -0.1) is 0 Å². The normalized spacial score (nSPS) is 22.5. The van der Waals surface area contributed by atoms with Crippen molar-refractivity contribution in [3.8, 4) is 11.4 Å². The van der Waals surface area contributed by atoms with Crippen molar-refractivity contribution in [2.45, 2.75) is 44.1 Å². The van der Waals surface area contributed by atoms with E-state index in [1.165, 1.54) is 6.08 Å². The molecule has 2 unspecified atom stereocenters. The van der Waals surface area contributed by atoms with Gasteiger partial charge in [0.1, 0.15) is 12.0 Å². The molecule has 0 saturated heterocycles. The third kappa shape index (κ3) is 3.20. The first-order valence-corrected chi connectivity index (χ1v) is 9.13. The van der Waals surface area contributed by atoms with Gasteiger partial charge in [-0.3, -0.25) is 4.79 Å². The van der Waals surface area contributed by atoms with Crippen molar-refractivity contribution >= 4 is 16.9 Å². The summed E-state index contributed by atoms with van der Waals surface area (Å²) in [6, 6.07) is 1.90. The molecule has 0 aromatic carbocycles. The minimum Gasteiger partial charge on any atom is -0.350 e. The molecule has 3 aromatic rings. The van der Waals surface area contributed by atoms with Gasteiger partial charge >= 0.3 is 0 Å². The molecule has 4 rings (SSSR count). The SMILES string of the molecule is C=CC(=O)NC1CCCC(C)(c2ncnc3[nH]cc(-c4ncccn4)c23)C1. The summed E-state index contributed by atoms with van der Waals surface area (Å²) in [4.78, 5) is 32.8. The second-order valence-corrected chi connectivity index (χ2v) is 7.29. The van der Waals surface area contributed by atoms with Gasteiger partial charge in [0.25, 0.3) is 0 Å². The van der Waals surface area contributed by atoms with Gasteiger partial charge < -0.3 is 10.3 Å². The number of carbonyl (C=O) groups is 1. The highest BCUT2D eigenvalue weighted by Gasteiger charge is 2.37. The maximum absolute atomic E-state index is 11.8. The fourth-order valence-electron chi connectivity index (χ4n) is 4.12. The maximum atomic E-state index is 11.8. The van der Waals surface area contributed by atoms with E-state index in [2.05, 4.69) is 43.7 Å². The summed E-state index contributed by atoms with van der Waals surface area (Å²) in [5, 5.41) is 4.01. The third-order valence-corrected chi connectivity index (χ3v) is 5.36. The molecule has 1 aliphatic carbocycles. The Balaban J connectivity index is 1.78. The van der Waals surface area contributed by atoms with Gasteiger partial charge in [0.2, 0.25) is 5.91 Å². The fraction of sp³-hybridized carbons (Fsp3) is 0.350. The highest BCUT2D eigenvalue weighted by molar-refractivity contribution is 5.94. The highest BCUT2D eigenvalue weighted by atomic mass is 16.1. The number of nitrogens with one attached hydrogen (secondary N) is 2. The van der Waals surface area contributed by atoms with E-state index in [1.54, 1.807) is 24.8 Å². The molecule has 3 heterocycles. The highest BCUT2D eigenvalue weighted by Crippen LogP contribution is 2.42. The minimum absolute atomic E-state index is 0.106. The van der Waals surface area contributed by atoms with E-state index in [4.69, 9.17) is 0 Å². The Morgan fingerprint density at radius 1 is 1.33 bits per heavy atom. The van der Waals surface area contributed by atoms with Crippen LogP contribution in [0.25, 0.3) is 22.4 Å². The molecule has 0 spiro atoms. The van der Waals surface area contributed by atoms with Crippen molar-refractivity contribution in [2.24, 2.45) is 0 Å². The zero-order valence-corrected chi connectivity index (χ0v) is 15.3. The van der Waals surface area contributed by atoms with Crippen LogP contribution in [0.3, 0.4) is 0 Å². The molecule has 1 fully saturated rings. The second-order valence-electron chi connectivity index (χ2n) is 7.29. The summed E-state index contributed by atoms with van der Waals surface area (Å²) >= 11 is 0. The van der Waals surface area contributed by atoms with Crippen molar-refractivity contribution in [1.29, 1.82) is 0 Å². The fourth-order valence-corrected chi connectivity index (χ4v) is 4.12. The molecule has 0 radical (unpaired) electrons. The summed E-state index contributed by atoms with van der Waals surface area (Å²) in [7, 11) is 0. The number of H-pyrrole nitrogens is 1. The van der Waals surface area contributed by atoms with Crippen LogP contribution in [0.4, 0.5) is 0 Å². The van der Waals surface area contributed by atoms with Gasteiger partial charge in [0.05, 0.1) is 11.1 Å². The van der Waals surface area contributed by atoms with E-state index in [9.17, 15) is 4.79 Å². The van der Waals surface area contributed by atoms with Gasteiger partial charge in [-0.2, -0.15) is 0 Å². The molecule has 0 bridgehead atoms. The number of hydrogen-bond donors (Lipinski definition) is 2. The number of fused-ring (bicyclic) bond motifs is 1. The number of carbonyl (C=O) groups excluding carboxylic acids is 1. The van der Waals surface area contributed by atoms with Gasteiger partial charge in [-0.05, 0) is 31.4 Å². The topological polar surface area (TPSA) is 96.5 Å². The summed E-state index contributed by atoms with van der Waals surface area (Å²) in [6.07, 6.45) is 12.1. The van der Waals surface area contributed by atoms with Crippen molar-refractivity contribution in [1.82, 2.24) is 30.2 Å². The molecular weight excluding hydrogens is 340 g/mol.